The molecule has 2 aromatic rings. The number of fused-ring (bicyclic) bond motifs is 1. The maximum atomic E-state index is 12.4. The van der Waals surface area contributed by atoms with Crippen LogP contribution in [0.1, 0.15) is 36.8 Å². The zero-order chi connectivity index (χ0) is 19.6. The Morgan fingerprint density at radius 3 is 2.71 bits per heavy atom. The first kappa shape index (κ1) is 19.2. The highest BCUT2D eigenvalue weighted by molar-refractivity contribution is 5.82. The molecule has 1 aliphatic carbocycles. The van der Waals surface area contributed by atoms with Crippen molar-refractivity contribution < 1.29 is 14.6 Å². The molecule has 1 saturated heterocycles. The van der Waals surface area contributed by atoms with Crippen LogP contribution in [0.25, 0.3) is 0 Å². The largest absolute Gasteiger partial charge is 0.497 e. The van der Waals surface area contributed by atoms with Gasteiger partial charge in [0.05, 0.1) is 12.7 Å². The number of hydrogen-bond donors (Lipinski definition) is 1. The van der Waals surface area contributed by atoms with Crippen LogP contribution in [0.5, 0.6) is 5.75 Å². The minimum Gasteiger partial charge on any atom is -0.497 e. The van der Waals surface area contributed by atoms with E-state index in [4.69, 9.17) is 4.74 Å². The van der Waals surface area contributed by atoms with Crippen LogP contribution < -0.4 is 4.74 Å². The second-order valence-electron chi connectivity index (χ2n) is 8.32. The van der Waals surface area contributed by atoms with Gasteiger partial charge in [-0.15, -0.1) is 0 Å². The number of ketones is 1. The highest BCUT2D eigenvalue weighted by atomic mass is 16.5. The molecule has 4 nitrogen and oxygen atoms in total. The summed E-state index contributed by atoms with van der Waals surface area (Å²) in [6.07, 6.45) is 3.18. The van der Waals surface area contributed by atoms with E-state index in [1.54, 1.807) is 7.11 Å². The second kappa shape index (κ2) is 7.69. The first-order valence-corrected chi connectivity index (χ1v) is 10.2. The van der Waals surface area contributed by atoms with Crippen molar-refractivity contribution in [1.29, 1.82) is 0 Å². The molecule has 148 valence electrons. The number of ether oxygens (including phenoxy) is 1. The van der Waals surface area contributed by atoms with E-state index < -0.39 is 11.0 Å². The minimum atomic E-state index is -0.887. The van der Waals surface area contributed by atoms with Gasteiger partial charge in [0.2, 0.25) is 0 Å². The lowest BCUT2D eigenvalue weighted by molar-refractivity contribution is -0.147. The molecule has 2 unspecified atom stereocenters. The molecule has 2 aromatic carbocycles. The van der Waals surface area contributed by atoms with E-state index in [1.165, 1.54) is 5.56 Å². The van der Waals surface area contributed by atoms with Gasteiger partial charge in [0.25, 0.3) is 0 Å². The fourth-order valence-electron chi connectivity index (χ4n) is 5.08. The molecule has 1 N–H and O–H groups in total. The molecule has 0 spiro atoms. The molecule has 1 aliphatic heterocycles. The molecule has 28 heavy (non-hydrogen) atoms. The third-order valence-corrected chi connectivity index (χ3v) is 6.73. The molecule has 0 bridgehead atoms. The van der Waals surface area contributed by atoms with Crippen molar-refractivity contribution in [2.75, 3.05) is 26.7 Å². The fourth-order valence-corrected chi connectivity index (χ4v) is 5.08. The van der Waals surface area contributed by atoms with Gasteiger partial charge >= 0.3 is 0 Å². The van der Waals surface area contributed by atoms with Crippen molar-refractivity contribution in [3.05, 3.63) is 65.7 Å². The van der Waals surface area contributed by atoms with Crippen LogP contribution in [0.4, 0.5) is 0 Å². The van der Waals surface area contributed by atoms with E-state index in [1.807, 2.05) is 30.3 Å². The Morgan fingerprint density at radius 1 is 1.11 bits per heavy atom. The lowest BCUT2D eigenvalue weighted by Crippen LogP contribution is -2.65. The summed E-state index contributed by atoms with van der Waals surface area (Å²) in [5.74, 6) is 1.03. The van der Waals surface area contributed by atoms with Crippen LogP contribution in [0.2, 0.25) is 0 Å². The van der Waals surface area contributed by atoms with E-state index in [0.717, 1.165) is 37.2 Å². The summed E-state index contributed by atoms with van der Waals surface area (Å²) >= 11 is 0. The number of β-amino-alcohol motifs (C(OH)–C–C–N with tert-alkyl or cyclic N) is 1. The third kappa shape index (κ3) is 3.47. The molecule has 1 heterocycles. The summed E-state index contributed by atoms with van der Waals surface area (Å²) in [6.45, 7) is 2.43. The molecular weight excluding hydrogens is 350 g/mol. The van der Waals surface area contributed by atoms with E-state index in [-0.39, 0.29) is 5.78 Å². The summed E-state index contributed by atoms with van der Waals surface area (Å²) < 4.78 is 5.41. The lowest BCUT2D eigenvalue weighted by atomic mass is 9.56. The number of benzene rings is 2. The Morgan fingerprint density at radius 2 is 1.93 bits per heavy atom. The molecule has 0 aromatic heterocycles. The van der Waals surface area contributed by atoms with Crippen LogP contribution >= 0.6 is 0 Å². The number of nitrogens with zero attached hydrogens (tertiary/aromatic N) is 1. The van der Waals surface area contributed by atoms with E-state index in [2.05, 4.69) is 29.2 Å². The zero-order valence-electron chi connectivity index (χ0n) is 16.6. The normalized spacial score (nSPS) is 28.0. The Kier molecular flexibility index (Phi) is 5.26. The van der Waals surface area contributed by atoms with Crippen LogP contribution in [0.15, 0.2) is 54.6 Å². The Bertz CT molecular complexity index is 837. The number of methoxy groups -OCH3 is 1. The first-order valence-electron chi connectivity index (χ1n) is 10.2. The van der Waals surface area contributed by atoms with E-state index in [9.17, 15) is 9.90 Å². The SMILES string of the molecule is COc1cccc(C23CCN(CCc4ccccc4)CC2(O)CCC(=O)C3)c1. The Hall–Kier alpha value is -2.17. The first-order chi connectivity index (χ1) is 13.5. The zero-order valence-corrected chi connectivity index (χ0v) is 16.6. The average molecular weight is 380 g/mol. The molecule has 0 radical (unpaired) electrons. The van der Waals surface area contributed by atoms with Gasteiger partial charge in [0.15, 0.2) is 0 Å². The van der Waals surface area contributed by atoms with Crippen LogP contribution in [-0.4, -0.2) is 48.1 Å². The lowest BCUT2D eigenvalue weighted by Gasteiger charge is -2.56. The fraction of sp³-hybridized carbons (Fsp3) is 0.458. The molecular formula is C24H29NO3. The van der Waals surface area contributed by atoms with Crippen molar-refractivity contribution in [1.82, 2.24) is 4.90 Å². The highest BCUT2D eigenvalue weighted by Crippen LogP contribution is 2.51. The molecule has 1 saturated carbocycles. The van der Waals surface area contributed by atoms with E-state index >= 15 is 0 Å². The molecule has 4 heteroatoms. The van der Waals surface area contributed by atoms with Gasteiger partial charge < -0.3 is 14.7 Å². The van der Waals surface area contributed by atoms with Gasteiger partial charge in [-0.25, -0.2) is 0 Å². The molecule has 2 aliphatic rings. The molecule has 2 atom stereocenters. The van der Waals surface area contributed by atoms with Crippen LogP contribution in [0.3, 0.4) is 0 Å². The molecule has 2 fully saturated rings. The van der Waals surface area contributed by atoms with E-state index in [0.29, 0.717) is 25.8 Å². The number of aliphatic hydroxyl groups is 1. The van der Waals surface area contributed by atoms with Crippen molar-refractivity contribution in [3.8, 4) is 5.75 Å². The van der Waals surface area contributed by atoms with Gasteiger partial charge in [0, 0.05) is 31.3 Å². The van der Waals surface area contributed by atoms with Crippen LogP contribution in [0, 0.1) is 0 Å². The number of carbonyl (C=O) groups excluding carboxylic acids is 1. The summed E-state index contributed by atoms with van der Waals surface area (Å²) in [4.78, 5) is 14.8. The summed E-state index contributed by atoms with van der Waals surface area (Å²) in [6, 6.07) is 18.4. The molecule has 4 rings (SSSR count). The topological polar surface area (TPSA) is 49.8 Å². The number of carbonyl (C=O) groups is 1. The van der Waals surface area contributed by atoms with Crippen molar-refractivity contribution in [3.63, 3.8) is 0 Å². The minimum absolute atomic E-state index is 0.255. The number of Topliss-reactive ketones (excluding diaryl/α,β-unsaturated/α-hetero) is 1. The van der Waals surface area contributed by atoms with Crippen molar-refractivity contribution >= 4 is 5.78 Å². The monoisotopic (exact) mass is 379 g/mol. The maximum Gasteiger partial charge on any atom is 0.134 e. The highest BCUT2D eigenvalue weighted by Gasteiger charge is 2.57. The Labute approximate surface area is 167 Å². The van der Waals surface area contributed by atoms with Gasteiger partial charge in [-0.1, -0.05) is 42.5 Å². The summed E-state index contributed by atoms with van der Waals surface area (Å²) in [5.41, 5.74) is 0.950. The number of piperidine rings is 1. The standard InChI is InChI=1S/C24H29NO3/c1-28-22-9-5-8-20(16-22)23-13-15-25(14-11-19-6-3-2-4-7-19)18-24(23,27)12-10-21(26)17-23/h2-9,16,27H,10-15,17-18H2,1H3. The summed E-state index contributed by atoms with van der Waals surface area (Å²) in [7, 11) is 1.65. The maximum absolute atomic E-state index is 12.4. The third-order valence-electron chi connectivity index (χ3n) is 6.73. The number of rotatable bonds is 5. The molecule has 0 amide bonds. The van der Waals surface area contributed by atoms with Crippen LogP contribution in [-0.2, 0) is 16.6 Å². The predicted molar refractivity (Wildman–Crippen MR) is 110 cm³/mol. The van der Waals surface area contributed by atoms with Gasteiger partial charge in [-0.2, -0.15) is 0 Å². The summed E-state index contributed by atoms with van der Waals surface area (Å²) in [5, 5.41) is 11.8. The smallest absolute Gasteiger partial charge is 0.134 e. The van der Waals surface area contributed by atoms with Gasteiger partial charge in [0.1, 0.15) is 11.5 Å². The average Bonchev–Trinajstić information content (AvgIpc) is 2.73. The van der Waals surface area contributed by atoms with Gasteiger partial charge in [-0.05, 0) is 49.1 Å². The second-order valence-corrected chi connectivity index (χ2v) is 8.32. The predicted octanol–water partition coefficient (Wildman–Crippen LogP) is 3.37. The number of hydrogen-bond acceptors (Lipinski definition) is 4. The van der Waals surface area contributed by atoms with Crippen molar-refractivity contribution in [2.24, 2.45) is 0 Å². The quantitative estimate of drug-likeness (QED) is 0.865. The number of likely N-dealkylation sites (tertiary alicyclic amines) is 1. The van der Waals surface area contributed by atoms with Crippen molar-refractivity contribution in [2.45, 2.75) is 43.1 Å². The Balaban J connectivity index is 1.58. The van der Waals surface area contributed by atoms with Gasteiger partial charge in [-0.3, -0.25) is 4.79 Å².